The van der Waals surface area contributed by atoms with Crippen molar-refractivity contribution in [3.05, 3.63) is 11.6 Å². The minimum absolute atomic E-state index is 0.00588. The Morgan fingerprint density at radius 3 is 2.64 bits per heavy atom. The molecule has 0 saturated carbocycles. The van der Waals surface area contributed by atoms with Gasteiger partial charge in [-0.2, -0.15) is 13.2 Å². The maximum atomic E-state index is 13.5. The number of aromatic nitrogens is 3. The summed E-state index contributed by atoms with van der Waals surface area (Å²) in [5.74, 6) is -4.99. The zero-order chi connectivity index (χ0) is 20.7. The zero-order valence-corrected chi connectivity index (χ0v) is 14.8. The van der Waals surface area contributed by atoms with Crippen LogP contribution in [0.2, 0.25) is 0 Å². The number of hydrogen-bond acceptors (Lipinski definition) is 5. The zero-order valence-electron chi connectivity index (χ0n) is 14.8. The van der Waals surface area contributed by atoms with E-state index in [1.54, 1.807) is 0 Å². The van der Waals surface area contributed by atoms with Crippen LogP contribution in [-0.2, 0) is 28.9 Å². The van der Waals surface area contributed by atoms with Crippen molar-refractivity contribution >= 4 is 11.8 Å². The number of nitrogens with two attached hydrogens (primary N) is 1. The van der Waals surface area contributed by atoms with Gasteiger partial charge in [0.15, 0.2) is 5.82 Å². The highest BCUT2D eigenvalue weighted by molar-refractivity contribution is 5.78. The largest absolute Gasteiger partial charge is 0.451 e. The van der Waals surface area contributed by atoms with Crippen molar-refractivity contribution in [1.29, 1.82) is 0 Å². The number of carbonyl (C=O) groups is 2. The molecule has 2 aliphatic rings. The molecule has 0 aromatic carbocycles. The second-order valence-corrected chi connectivity index (χ2v) is 7.00. The summed E-state index contributed by atoms with van der Waals surface area (Å²) in [4.78, 5) is 26.4. The lowest BCUT2D eigenvalue weighted by Gasteiger charge is -2.34. The van der Waals surface area contributed by atoms with Gasteiger partial charge in [0.2, 0.25) is 17.6 Å². The van der Waals surface area contributed by atoms with Gasteiger partial charge in [0, 0.05) is 44.9 Å². The number of halogens is 5. The van der Waals surface area contributed by atoms with Crippen molar-refractivity contribution in [2.75, 3.05) is 19.6 Å². The standard InChI is InChI=1S/C15H19F5N6O2/c16-14(17)2-1-11(27)25(8-14)6-9(21)5-12(28)24-3-4-26-10(7-24)22-23-13(26)15(18,19)20/h9H,1-8,21H2. The highest BCUT2D eigenvalue weighted by atomic mass is 19.4. The Morgan fingerprint density at radius 2 is 1.96 bits per heavy atom. The summed E-state index contributed by atoms with van der Waals surface area (Å²) in [6, 6.07) is -0.865. The Morgan fingerprint density at radius 1 is 1.25 bits per heavy atom. The molecule has 1 fully saturated rings. The molecule has 3 heterocycles. The molecular formula is C15H19F5N6O2. The average Bonchev–Trinajstić information content (AvgIpc) is 3.01. The smallest absolute Gasteiger partial charge is 0.335 e. The van der Waals surface area contributed by atoms with Gasteiger partial charge in [-0.25, -0.2) is 8.78 Å². The summed E-state index contributed by atoms with van der Waals surface area (Å²) < 4.78 is 66.3. The SMILES string of the molecule is NC(CC(=O)N1CCn2c(nnc2C(F)(F)F)C1)CN1CC(F)(F)CCC1=O. The number of fused-ring (bicyclic) bond motifs is 1. The van der Waals surface area contributed by atoms with E-state index in [9.17, 15) is 31.5 Å². The van der Waals surface area contributed by atoms with Crippen LogP contribution in [0, 0.1) is 0 Å². The van der Waals surface area contributed by atoms with Crippen molar-refractivity contribution < 1.29 is 31.5 Å². The fourth-order valence-electron chi connectivity index (χ4n) is 3.34. The highest BCUT2D eigenvalue weighted by Crippen LogP contribution is 2.30. The topological polar surface area (TPSA) is 97.3 Å². The van der Waals surface area contributed by atoms with Crippen LogP contribution >= 0.6 is 0 Å². The predicted molar refractivity (Wildman–Crippen MR) is 83.8 cm³/mol. The van der Waals surface area contributed by atoms with E-state index in [0.29, 0.717) is 0 Å². The molecule has 13 heteroatoms. The molecule has 0 spiro atoms. The van der Waals surface area contributed by atoms with Crippen LogP contribution in [0.3, 0.4) is 0 Å². The first kappa shape index (κ1) is 20.4. The summed E-state index contributed by atoms with van der Waals surface area (Å²) >= 11 is 0. The molecule has 1 atom stereocenters. The molecule has 28 heavy (non-hydrogen) atoms. The maximum absolute atomic E-state index is 13.5. The van der Waals surface area contributed by atoms with Crippen LogP contribution in [0.4, 0.5) is 22.0 Å². The highest BCUT2D eigenvalue weighted by Gasteiger charge is 2.41. The lowest BCUT2D eigenvalue weighted by molar-refractivity contribution is -0.149. The van der Waals surface area contributed by atoms with E-state index < -0.39 is 48.7 Å². The normalized spacial score (nSPS) is 20.9. The number of rotatable bonds is 4. The molecule has 0 bridgehead atoms. The molecule has 0 aliphatic carbocycles. The quantitative estimate of drug-likeness (QED) is 0.734. The van der Waals surface area contributed by atoms with Gasteiger partial charge < -0.3 is 20.1 Å². The molecule has 2 aliphatic heterocycles. The van der Waals surface area contributed by atoms with Crippen molar-refractivity contribution in [2.45, 2.75) is 50.5 Å². The third-order valence-corrected chi connectivity index (χ3v) is 4.73. The fourth-order valence-corrected chi connectivity index (χ4v) is 3.34. The summed E-state index contributed by atoms with van der Waals surface area (Å²) in [6.45, 7) is -1.19. The maximum Gasteiger partial charge on any atom is 0.451 e. The molecule has 8 nitrogen and oxygen atoms in total. The second kappa shape index (κ2) is 7.26. The van der Waals surface area contributed by atoms with E-state index in [4.69, 9.17) is 5.73 Å². The average molecular weight is 410 g/mol. The predicted octanol–water partition coefficient (Wildman–Crippen LogP) is 0.614. The Bertz CT molecular complexity index is 765. The Hall–Kier alpha value is -2.31. The van der Waals surface area contributed by atoms with Crippen LogP contribution < -0.4 is 5.73 Å². The molecule has 2 amide bonds. The molecule has 0 radical (unpaired) electrons. The van der Waals surface area contributed by atoms with Gasteiger partial charge in [-0.1, -0.05) is 0 Å². The number of piperidine rings is 1. The summed E-state index contributed by atoms with van der Waals surface area (Å²) in [5, 5.41) is 6.62. The summed E-state index contributed by atoms with van der Waals surface area (Å²) in [5.41, 5.74) is 5.85. The molecular weight excluding hydrogens is 391 g/mol. The number of amides is 2. The van der Waals surface area contributed by atoms with E-state index in [2.05, 4.69) is 10.2 Å². The van der Waals surface area contributed by atoms with Gasteiger partial charge in [0.1, 0.15) is 0 Å². The first-order valence-electron chi connectivity index (χ1n) is 8.64. The molecule has 2 N–H and O–H groups in total. The molecule has 156 valence electrons. The van der Waals surface area contributed by atoms with Crippen LogP contribution in [0.25, 0.3) is 0 Å². The van der Waals surface area contributed by atoms with Crippen molar-refractivity contribution in [3.63, 3.8) is 0 Å². The van der Waals surface area contributed by atoms with Crippen LogP contribution in [-0.4, -0.2) is 68.0 Å². The van der Waals surface area contributed by atoms with Gasteiger partial charge in [-0.3, -0.25) is 9.59 Å². The first-order chi connectivity index (χ1) is 13.0. The third-order valence-electron chi connectivity index (χ3n) is 4.73. The monoisotopic (exact) mass is 410 g/mol. The number of nitrogens with zero attached hydrogens (tertiary/aromatic N) is 5. The minimum atomic E-state index is -4.64. The van der Waals surface area contributed by atoms with Crippen molar-refractivity contribution in [2.24, 2.45) is 5.73 Å². The van der Waals surface area contributed by atoms with Crippen LogP contribution in [0.15, 0.2) is 0 Å². The number of carbonyl (C=O) groups excluding carboxylic acids is 2. The number of hydrogen-bond donors (Lipinski definition) is 1. The van der Waals surface area contributed by atoms with Gasteiger partial charge in [0.25, 0.3) is 5.92 Å². The molecule has 1 aromatic heterocycles. The van der Waals surface area contributed by atoms with Crippen molar-refractivity contribution in [3.8, 4) is 0 Å². The molecule has 1 aromatic rings. The van der Waals surface area contributed by atoms with Crippen LogP contribution in [0.1, 0.15) is 30.9 Å². The van der Waals surface area contributed by atoms with Crippen LogP contribution in [0.5, 0.6) is 0 Å². The second-order valence-electron chi connectivity index (χ2n) is 7.00. The summed E-state index contributed by atoms with van der Waals surface area (Å²) in [6.07, 6.45) is -5.65. The van der Waals surface area contributed by atoms with E-state index in [0.717, 1.165) is 9.47 Å². The molecule has 1 unspecified atom stereocenters. The summed E-state index contributed by atoms with van der Waals surface area (Å²) in [7, 11) is 0. The molecule has 3 rings (SSSR count). The molecule has 1 saturated heterocycles. The first-order valence-corrected chi connectivity index (χ1v) is 8.64. The minimum Gasteiger partial charge on any atom is -0.335 e. The van der Waals surface area contributed by atoms with Gasteiger partial charge >= 0.3 is 6.18 Å². The van der Waals surface area contributed by atoms with Gasteiger partial charge in [-0.05, 0) is 0 Å². The lowest BCUT2D eigenvalue weighted by atomic mass is 10.0. The lowest BCUT2D eigenvalue weighted by Crippen LogP contribution is -2.51. The fraction of sp³-hybridized carbons (Fsp3) is 0.733. The Labute approximate surface area is 156 Å². The number of alkyl halides is 5. The van der Waals surface area contributed by atoms with Gasteiger partial charge in [-0.15, -0.1) is 10.2 Å². The van der Waals surface area contributed by atoms with Gasteiger partial charge in [0.05, 0.1) is 13.1 Å². The Balaban J connectivity index is 1.57. The van der Waals surface area contributed by atoms with E-state index in [1.165, 1.54) is 4.90 Å². The number of likely N-dealkylation sites (tertiary alicyclic amines) is 1. The van der Waals surface area contributed by atoms with Crippen molar-refractivity contribution in [1.82, 2.24) is 24.6 Å². The van der Waals surface area contributed by atoms with E-state index >= 15 is 0 Å². The third kappa shape index (κ3) is 4.39. The Kier molecular flexibility index (Phi) is 5.30. The van der Waals surface area contributed by atoms with E-state index in [-0.39, 0.29) is 44.8 Å². The van der Waals surface area contributed by atoms with E-state index in [1.807, 2.05) is 0 Å².